The normalized spacial score (nSPS) is 19.1. The zero-order chi connectivity index (χ0) is 12.6. The summed E-state index contributed by atoms with van der Waals surface area (Å²) in [5.74, 6) is 1.09. The topological polar surface area (TPSA) is 3.24 Å². The first-order valence-corrected chi connectivity index (χ1v) is 8.23. The molecule has 0 amide bonds. The number of hydrogen-bond acceptors (Lipinski definition) is 2. The summed E-state index contributed by atoms with van der Waals surface area (Å²) in [5.41, 5.74) is 0.546. The van der Waals surface area contributed by atoms with Crippen LogP contribution in [0.5, 0.6) is 0 Å². The summed E-state index contributed by atoms with van der Waals surface area (Å²) in [4.78, 5) is 2.72. The first-order valence-electron chi connectivity index (χ1n) is 7.59. The molecule has 0 heterocycles. The maximum Gasteiger partial charge on any atom is 0.00458 e. The van der Waals surface area contributed by atoms with E-state index in [-0.39, 0.29) is 0 Å². The molecule has 1 saturated carbocycles. The van der Waals surface area contributed by atoms with Crippen LogP contribution in [0.2, 0.25) is 0 Å². The summed E-state index contributed by atoms with van der Waals surface area (Å²) in [7, 11) is 0. The predicted octanol–water partition coefficient (Wildman–Crippen LogP) is 4.38. The molecule has 0 aromatic carbocycles. The number of rotatable bonds is 9. The van der Waals surface area contributed by atoms with Gasteiger partial charge in [0, 0.05) is 6.54 Å². The van der Waals surface area contributed by atoms with Crippen LogP contribution in [0.1, 0.15) is 65.2 Å². The Kier molecular flexibility index (Phi) is 7.61. The Morgan fingerprint density at radius 3 is 1.94 bits per heavy atom. The number of nitrogens with zero attached hydrogens (tertiary/aromatic N) is 1. The van der Waals surface area contributed by atoms with Crippen molar-refractivity contribution in [2.24, 2.45) is 5.41 Å². The van der Waals surface area contributed by atoms with Crippen LogP contribution in [0.15, 0.2) is 0 Å². The molecule has 0 aliphatic heterocycles. The van der Waals surface area contributed by atoms with Gasteiger partial charge in [-0.15, -0.1) is 0 Å². The summed E-state index contributed by atoms with van der Waals surface area (Å²) in [5, 5.41) is 0. The lowest BCUT2D eigenvalue weighted by Gasteiger charge is -2.34. The molecule has 1 nitrogen and oxygen atoms in total. The van der Waals surface area contributed by atoms with Crippen molar-refractivity contribution in [1.82, 2.24) is 4.90 Å². The minimum atomic E-state index is 0.546. The summed E-state index contributed by atoms with van der Waals surface area (Å²) >= 11 is 4.63. The molecular weight excluding hydrogens is 226 g/mol. The SMILES string of the molecule is CCCCN(CCCC)CC1(CS)CCCC1. The summed E-state index contributed by atoms with van der Waals surface area (Å²) in [6.07, 6.45) is 11.0. The first-order chi connectivity index (χ1) is 8.26. The van der Waals surface area contributed by atoms with Crippen molar-refractivity contribution in [3.8, 4) is 0 Å². The van der Waals surface area contributed by atoms with E-state index in [1.165, 1.54) is 71.0 Å². The van der Waals surface area contributed by atoms with Gasteiger partial charge in [0.25, 0.3) is 0 Å². The molecule has 0 aromatic heterocycles. The molecule has 0 unspecified atom stereocenters. The van der Waals surface area contributed by atoms with E-state index < -0.39 is 0 Å². The molecule has 17 heavy (non-hydrogen) atoms. The molecule has 0 spiro atoms. The van der Waals surface area contributed by atoms with Crippen molar-refractivity contribution in [3.63, 3.8) is 0 Å². The average molecular weight is 257 g/mol. The Morgan fingerprint density at radius 2 is 1.53 bits per heavy atom. The second-order valence-corrected chi connectivity index (χ2v) is 6.16. The quantitative estimate of drug-likeness (QED) is 0.600. The highest BCUT2D eigenvalue weighted by Gasteiger charge is 2.33. The smallest absolute Gasteiger partial charge is 0.00458 e. The Labute approximate surface area is 114 Å². The van der Waals surface area contributed by atoms with Gasteiger partial charge in [-0.25, -0.2) is 0 Å². The third-order valence-electron chi connectivity index (χ3n) is 4.21. The van der Waals surface area contributed by atoms with Crippen molar-refractivity contribution in [2.75, 3.05) is 25.4 Å². The molecule has 1 aliphatic rings. The molecule has 0 radical (unpaired) electrons. The largest absolute Gasteiger partial charge is 0.303 e. The zero-order valence-electron chi connectivity index (χ0n) is 11.9. The van der Waals surface area contributed by atoms with Crippen LogP contribution in [0, 0.1) is 5.41 Å². The Bertz CT molecular complexity index is 179. The second-order valence-electron chi connectivity index (χ2n) is 5.85. The van der Waals surface area contributed by atoms with E-state index in [0.29, 0.717) is 5.41 Å². The Hall–Kier alpha value is 0.310. The lowest BCUT2D eigenvalue weighted by molar-refractivity contribution is 0.167. The maximum absolute atomic E-state index is 4.63. The number of hydrogen-bond donors (Lipinski definition) is 1. The summed E-state index contributed by atoms with van der Waals surface area (Å²) < 4.78 is 0. The molecule has 0 atom stereocenters. The molecule has 102 valence electrons. The van der Waals surface area contributed by atoms with Crippen LogP contribution in [0.25, 0.3) is 0 Å². The van der Waals surface area contributed by atoms with Gasteiger partial charge in [0.1, 0.15) is 0 Å². The van der Waals surface area contributed by atoms with E-state index in [4.69, 9.17) is 0 Å². The van der Waals surface area contributed by atoms with Crippen LogP contribution in [0.3, 0.4) is 0 Å². The van der Waals surface area contributed by atoms with Gasteiger partial charge in [0.2, 0.25) is 0 Å². The number of thiol groups is 1. The van der Waals surface area contributed by atoms with Crippen LogP contribution in [-0.2, 0) is 0 Å². The maximum atomic E-state index is 4.63. The highest BCUT2D eigenvalue weighted by molar-refractivity contribution is 7.80. The minimum absolute atomic E-state index is 0.546. The third-order valence-corrected chi connectivity index (χ3v) is 4.89. The predicted molar refractivity (Wildman–Crippen MR) is 81.0 cm³/mol. The van der Waals surface area contributed by atoms with Gasteiger partial charge in [0.15, 0.2) is 0 Å². The van der Waals surface area contributed by atoms with Crippen LogP contribution >= 0.6 is 12.6 Å². The average Bonchev–Trinajstić information content (AvgIpc) is 2.82. The molecule has 0 bridgehead atoms. The Balaban J connectivity index is 2.44. The van der Waals surface area contributed by atoms with E-state index in [0.717, 1.165) is 5.75 Å². The second kappa shape index (κ2) is 8.42. The summed E-state index contributed by atoms with van der Waals surface area (Å²) in [6, 6.07) is 0. The zero-order valence-corrected chi connectivity index (χ0v) is 12.8. The van der Waals surface area contributed by atoms with Gasteiger partial charge in [0.05, 0.1) is 0 Å². The van der Waals surface area contributed by atoms with Crippen LogP contribution < -0.4 is 0 Å². The van der Waals surface area contributed by atoms with Crippen molar-refractivity contribution in [3.05, 3.63) is 0 Å². The van der Waals surface area contributed by atoms with Gasteiger partial charge in [-0.2, -0.15) is 12.6 Å². The van der Waals surface area contributed by atoms with Crippen molar-refractivity contribution in [1.29, 1.82) is 0 Å². The van der Waals surface area contributed by atoms with E-state index in [1.54, 1.807) is 0 Å². The molecule has 1 aliphatic carbocycles. The van der Waals surface area contributed by atoms with E-state index >= 15 is 0 Å². The van der Waals surface area contributed by atoms with E-state index in [9.17, 15) is 0 Å². The van der Waals surface area contributed by atoms with Gasteiger partial charge in [-0.3, -0.25) is 0 Å². The van der Waals surface area contributed by atoms with Crippen molar-refractivity contribution < 1.29 is 0 Å². The van der Waals surface area contributed by atoms with Crippen LogP contribution in [0.4, 0.5) is 0 Å². The summed E-state index contributed by atoms with van der Waals surface area (Å²) in [6.45, 7) is 8.48. The monoisotopic (exact) mass is 257 g/mol. The highest BCUT2D eigenvalue weighted by Crippen LogP contribution is 2.39. The molecule has 1 rings (SSSR count). The standard InChI is InChI=1S/C15H31NS/c1-3-5-11-16(12-6-4-2)13-15(14-17)9-7-8-10-15/h17H,3-14H2,1-2H3. The van der Waals surface area contributed by atoms with Gasteiger partial charge in [-0.1, -0.05) is 39.5 Å². The lowest BCUT2D eigenvalue weighted by atomic mass is 9.87. The van der Waals surface area contributed by atoms with E-state index in [1.807, 2.05) is 0 Å². The molecule has 2 heteroatoms. The van der Waals surface area contributed by atoms with Crippen molar-refractivity contribution in [2.45, 2.75) is 65.2 Å². The minimum Gasteiger partial charge on any atom is -0.303 e. The van der Waals surface area contributed by atoms with Crippen molar-refractivity contribution >= 4 is 12.6 Å². The molecular formula is C15H31NS. The fourth-order valence-corrected chi connectivity index (χ4v) is 3.42. The van der Waals surface area contributed by atoms with Crippen LogP contribution in [-0.4, -0.2) is 30.3 Å². The molecule has 0 saturated heterocycles. The van der Waals surface area contributed by atoms with Gasteiger partial charge in [-0.05, 0) is 49.9 Å². The fraction of sp³-hybridized carbons (Fsp3) is 1.00. The molecule has 1 fully saturated rings. The highest BCUT2D eigenvalue weighted by atomic mass is 32.1. The Morgan fingerprint density at radius 1 is 1.00 bits per heavy atom. The molecule has 0 N–H and O–H groups in total. The fourth-order valence-electron chi connectivity index (χ4n) is 3.00. The molecule has 0 aromatic rings. The van der Waals surface area contributed by atoms with Gasteiger partial charge >= 0.3 is 0 Å². The third kappa shape index (κ3) is 5.21. The number of unbranched alkanes of at least 4 members (excludes halogenated alkanes) is 2. The van der Waals surface area contributed by atoms with Gasteiger partial charge < -0.3 is 4.90 Å². The van der Waals surface area contributed by atoms with E-state index in [2.05, 4.69) is 31.4 Å². The lowest BCUT2D eigenvalue weighted by Crippen LogP contribution is -2.38. The first kappa shape index (κ1) is 15.4.